The number of hydrogen-bond acceptors (Lipinski definition) is 7. The van der Waals surface area contributed by atoms with Crippen LogP contribution in [-0.2, 0) is 21.6 Å². The summed E-state index contributed by atoms with van der Waals surface area (Å²) in [6, 6.07) is 5.46. The van der Waals surface area contributed by atoms with E-state index in [9.17, 15) is 28.1 Å². The van der Waals surface area contributed by atoms with E-state index in [0.29, 0.717) is 0 Å². The number of nitrogens with zero attached hydrogens (tertiary/aromatic N) is 2. The van der Waals surface area contributed by atoms with Crippen molar-refractivity contribution in [1.29, 1.82) is 0 Å². The Morgan fingerprint density at radius 1 is 1.27 bits per heavy atom. The van der Waals surface area contributed by atoms with Gasteiger partial charge in [-0.05, 0) is 18.2 Å². The molecule has 1 heterocycles. The number of rotatable bonds is 7. The van der Waals surface area contributed by atoms with Crippen LogP contribution in [0.2, 0.25) is 0 Å². The number of nitro benzene ring substituents is 1. The lowest BCUT2D eigenvalue weighted by Gasteiger charge is -2.05. The summed E-state index contributed by atoms with van der Waals surface area (Å²) in [7, 11) is -2.35. The molecule has 0 atom stereocenters. The molecule has 11 heteroatoms. The maximum atomic E-state index is 12.1. The van der Waals surface area contributed by atoms with E-state index in [1.54, 1.807) is 0 Å². The minimum Gasteiger partial charge on any atom is -0.477 e. The molecule has 0 saturated heterocycles. The van der Waals surface area contributed by atoms with Gasteiger partial charge in [-0.25, -0.2) is 18.0 Å². The van der Waals surface area contributed by atoms with Crippen LogP contribution in [0.5, 0.6) is 0 Å². The Balaban J connectivity index is 1.99. The standard InChI is InChI=1S/C15H14N2O8S/c1-16-9-10(8-13(16)14(18)19)15(20)25-6-7-26(23,24)12-4-2-11(3-5-12)17(21)22/h2-5,8-9H,6-7H2,1H3,(H,18,19). The Hall–Kier alpha value is -3.21. The molecule has 0 saturated carbocycles. The van der Waals surface area contributed by atoms with Crippen molar-refractivity contribution in [3.8, 4) is 0 Å². The molecule has 0 aliphatic rings. The molecule has 2 aromatic rings. The number of aromatic nitrogens is 1. The second-order valence-corrected chi connectivity index (χ2v) is 7.35. The molecule has 26 heavy (non-hydrogen) atoms. The van der Waals surface area contributed by atoms with Crippen LogP contribution in [0, 0.1) is 10.1 Å². The SMILES string of the molecule is Cn1cc(C(=O)OCCS(=O)(=O)c2ccc([N+](=O)[O-])cc2)cc1C(=O)O. The lowest BCUT2D eigenvalue weighted by molar-refractivity contribution is -0.384. The van der Waals surface area contributed by atoms with Gasteiger partial charge in [0.05, 0.1) is 21.1 Å². The van der Waals surface area contributed by atoms with Gasteiger partial charge in [0, 0.05) is 25.4 Å². The number of benzene rings is 1. The monoisotopic (exact) mass is 382 g/mol. The lowest BCUT2D eigenvalue weighted by atomic mass is 10.3. The van der Waals surface area contributed by atoms with Crippen molar-refractivity contribution in [3.63, 3.8) is 0 Å². The Bertz CT molecular complexity index is 960. The summed E-state index contributed by atoms with van der Waals surface area (Å²) in [6.45, 7) is -0.449. The van der Waals surface area contributed by atoms with Crippen LogP contribution in [0.4, 0.5) is 5.69 Å². The summed E-state index contributed by atoms with van der Waals surface area (Å²) in [5.74, 6) is -2.59. The number of nitro groups is 1. The smallest absolute Gasteiger partial charge is 0.352 e. The predicted octanol–water partition coefficient (Wildman–Crippen LogP) is 1.26. The van der Waals surface area contributed by atoms with E-state index in [1.807, 2.05) is 0 Å². The third-order valence-corrected chi connectivity index (χ3v) is 5.15. The van der Waals surface area contributed by atoms with Gasteiger partial charge in [0.25, 0.3) is 5.69 Å². The highest BCUT2D eigenvalue weighted by molar-refractivity contribution is 7.91. The van der Waals surface area contributed by atoms with Crippen molar-refractivity contribution < 1.29 is 32.8 Å². The molecule has 1 aromatic heterocycles. The normalized spacial score (nSPS) is 11.1. The number of carboxylic acids is 1. The van der Waals surface area contributed by atoms with Gasteiger partial charge in [-0.2, -0.15) is 0 Å². The van der Waals surface area contributed by atoms with E-state index in [-0.39, 0.29) is 21.8 Å². The van der Waals surface area contributed by atoms with E-state index in [2.05, 4.69) is 0 Å². The van der Waals surface area contributed by atoms with Gasteiger partial charge in [-0.15, -0.1) is 0 Å². The van der Waals surface area contributed by atoms with Crippen molar-refractivity contribution in [2.24, 2.45) is 7.05 Å². The summed E-state index contributed by atoms with van der Waals surface area (Å²) < 4.78 is 30.4. The quantitative estimate of drug-likeness (QED) is 0.428. The molecule has 0 unspecified atom stereocenters. The largest absolute Gasteiger partial charge is 0.477 e. The first-order valence-corrected chi connectivity index (χ1v) is 8.81. The number of aryl methyl sites for hydroxylation is 1. The molecule has 0 fully saturated rings. The first-order chi connectivity index (χ1) is 12.1. The number of carbonyl (C=O) groups excluding carboxylic acids is 1. The van der Waals surface area contributed by atoms with Gasteiger partial charge in [0.2, 0.25) is 0 Å². The summed E-state index contributed by atoms with van der Waals surface area (Å²) in [4.78, 5) is 32.6. The summed E-state index contributed by atoms with van der Waals surface area (Å²) >= 11 is 0. The third-order valence-electron chi connectivity index (χ3n) is 3.45. The number of non-ortho nitro benzene ring substituents is 1. The second kappa shape index (κ2) is 7.35. The summed E-state index contributed by atoms with van der Waals surface area (Å²) in [6.07, 6.45) is 1.26. The number of esters is 1. The van der Waals surface area contributed by atoms with Gasteiger partial charge >= 0.3 is 11.9 Å². The fourth-order valence-electron chi connectivity index (χ4n) is 2.11. The number of aromatic carboxylic acids is 1. The van der Waals surface area contributed by atoms with Crippen molar-refractivity contribution in [2.75, 3.05) is 12.4 Å². The summed E-state index contributed by atoms with van der Waals surface area (Å²) in [5.41, 5.74) is -0.373. The van der Waals surface area contributed by atoms with Crippen LogP contribution < -0.4 is 0 Å². The van der Waals surface area contributed by atoms with Crippen molar-refractivity contribution in [2.45, 2.75) is 4.90 Å². The molecule has 0 spiro atoms. The Labute approximate surface area is 147 Å². The van der Waals surface area contributed by atoms with E-state index in [0.717, 1.165) is 30.3 Å². The van der Waals surface area contributed by atoms with E-state index in [4.69, 9.17) is 9.84 Å². The predicted molar refractivity (Wildman–Crippen MR) is 87.8 cm³/mol. The number of ether oxygens (including phenoxy) is 1. The number of sulfone groups is 1. The molecule has 0 bridgehead atoms. The molecule has 2 rings (SSSR count). The molecule has 10 nitrogen and oxygen atoms in total. The topological polar surface area (TPSA) is 146 Å². The zero-order valence-corrected chi connectivity index (χ0v) is 14.3. The summed E-state index contributed by atoms with van der Waals surface area (Å²) in [5, 5.41) is 19.5. The highest BCUT2D eigenvalue weighted by Crippen LogP contribution is 2.17. The van der Waals surface area contributed by atoms with Gasteiger partial charge < -0.3 is 14.4 Å². The lowest BCUT2D eigenvalue weighted by Crippen LogP contribution is -2.15. The molecular weight excluding hydrogens is 368 g/mol. The minimum absolute atomic E-state index is 0.0161. The van der Waals surface area contributed by atoms with Gasteiger partial charge in [-0.3, -0.25) is 10.1 Å². The molecule has 1 aromatic carbocycles. The zero-order chi connectivity index (χ0) is 19.5. The molecule has 0 radical (unpaired) electrons. The first kappa shape index (κ1) is 19.1. The minimum atomic E-state index is -3.80. The second-order valence-electron chi connectivity index (χ2n) is 5.24. The number of carbonyl (C=O) groups is 2. The maximum Gasteiger partial charge on any atom is 0.352 e. The van der Waals surface area contributed by atoms with Crippen molar-refractivity contribution in [3.05, 3.63) is 57.9 Å². The fourth-order valence-corrected chi connectivity index (χ4v) is 3.20. The van der Waals surface area contributed by atoms with Crippen LogP contribution in [-0.4, -0.2) is 47.3 Å². The van der Waals surface area contributed by atoms with Crippen LogP contribution in [0.25, 0.3) is 0 Å². The maximum absolute atomic E-state index is 12.1. The molecule has 0 aliphatic heterocycles. The fraction of sp³-hybridized carbons (Fsp3) is 0.200. The molecule has 0 aliphatic carbocycles. The molecular formula is C15H14N2O8S. The van der Waals surface area contributed by atoms with Gasteiger partial charge in [0.1, 0.15) is 12.3 Å². The number of hydrogen-bond donors (Lipinski definition) is 1. The van der Waals surface area contributed by atoms with E-state index >= 15 is 0 Å². The average molecular weight is 382 g/mol. The third kappa shape index (κ3) is 4.25. The molecule has 1 N–H and O–H groups in total. The highest BCUT2D eigenvalue weighted by atomic mass is 32.2. The number of carboxylic acid groups (broad SMARTS) is 1. The van der Waals surface area contributed by atoms with Crippen molar-refractivity contribution >= 4 is 27.5 Å². The average Bonchev–Trinajstić information content (AvgIpc) is 2.97. The Morgan fingerprint density at radius 2 is 1.88 bits per heavy atom. The van der Waals surface area contributed by atoms with Crippen LogP contribution in [0.15, 0.2) is 41.4 Å². The zero-order valence-electron chi connectivity index (χ0n) is 13.5. The molecule has 138 valence electrons. The van der Waals surface area contributed by atoms with E-state index < -0.39 is 39.1 Å². The first-order valence-electron chi connectivity index (χ1n) is 7.16. The van der Waals surface area contributed by atoms with E-state index in [1.165, 1.54) is 17.8 Å². The van der Waals surface area contributed by atoms with Crippen LogP contribution in [0.1, 0.15) is 20.8 Å². The van der Waals surface area contributed by atoms with Gasteiger partial charge in [-0.1, -0.05) is 0 Å². The highest BCUT2D eigenvalue weighted by Gasteiger charge is 2.19. The van der Waals surface area contributed by atoms with Crippen molar-refractivity contribution in [1.82, 2.24) is 4.57 Å². The molecule has 0 amide bonds. The van der Waals surface area contributed by atoms with Gasteiger partial charge in [0.15, 0.2) is 9.84 Å². The van der Waals surface area contributed by atoms with Crippen LogP contribution >= 0.6 is 0 Å². The van der Waals surface area contributed by atoms with Crippen LogP contribution in [0.3, 0.4) is 0 Å². The Morgan fingerprint density at radius 3 is 2.38 bits per heavy atom. The Kier molecular flexibility index (Phi) is 5.41.